The normalized spacial score (nSPS) is 23.3. The zero-order valence-electron chi connectivity index (χ0n) is 14.3. The molecule has 0 aromatic carbocycles. The van der Waals surface area contributed by atoms with Gasteiger partial charge < -0.3 is 19.3 Å². The van der Waals surface area contributed by atoms with Crippen LogP contribution in [0.15, 0.2) is 23.0 Å². The maximum absolute atomic E-state index is 10.3. The Labute approximate surface area is 146 Å². The van der Waals surface area contributed by atoms with Crippen LogP contribution in [0.3, 0.4) is 0 Å². The van der Waals surface area contributed by atoms with Crippen molar-refractivity contribution in [3.8, 4) is 0 Å². The van der Waals surface area contributed by atoms with Crippen molar-refractivity contribution >= 4 is 6.47 Å². The van der Waals surface area contributed by atoms with E-state index in [0.29, 0.717) is 12.6 Å². The Morgan fingerprint density at radius 1 is 1.40 bits per heavy atom. The molecule has 2 aliphatic rings. The Kier molecular flexibility index (Phi) is 5.50. The van der Waals surface area contributed by atoms with Gasteiger partial charge in [-0.1, -0.05) is 5.16 Å². The molecule has 8 heteroatoms. The predicted octanol–water partition coefficient (Wildman–Crippen LogP) is 1.25. The van der Waals surface area contributed by atoms with E-state index < -0.39 is 0 Å². The average molecular weight is 348 g/mol. The number of aryl methyl sites for hydroxylation is 1. The number of β-amino-alcohol motifs (C(OH)–C–C–N with tert-alkyl or cyclic N) is 1. The molecular formula is C17H24N4O4. The van der Waals surface area contributed by atoms with Gasteiger partial charge in [0.05, 0.1) is 18.3 Å². The third kappa shape index (κ3) is 4.46. The average Bonchev–Trinajstić information content (AvgIpc) is 3.01. The summed E-state index contributed by atoms with van der Waals surface area (Å²) in [4.78, 5) is 15.1. The number of likely N-dealkylation sites (tertiary alicyclic amines) is 1. The zero-order valence-corrected chi connectivity index (χ0v) is 14.3. The van der Waals surface area contributed by atoms with E-state index in [-0.39, 0.29) is 18.5 Å². The van der Waals surface area contributed by atoms with Crippen LogP contribution in [0.2, 0.25) is 0 Å². The SMILES string of the molecule is Cc1cc(C[C@@H]2CN(Cc3nccn3C3CC3)C[C@H]2O)on1.O=CO. The lowest BCUT2D eigenvalue weighted by molar-refractivity contribution is -0.122. The molecule has 136 valence electrons. The van der Waals surface area contributed by atoms with Crippen LogP contribution in [0.4, 0.5) is 0 Å². The quantitative estimate of drug-likeness (QED) is 0.784. The van der Waals surface area contributed by atoms with Gasteiger partial charge in [-0.3, -0.25) is 9.69 Å². The summed E-state index contributed by atoms with van der Waals surface area (Å²) in [5.41, 5.74) is 0.894. The molecule has 3 heterocycles. The highest BCUT2D eigenvalue weighted by Gasteiger charge is 2.33. The lowest BCUT2D eigenvalue weighted by Gasteiger charge is -2.16. The molecule has 2 aromatic rings. The number of aromatic nitrogens is 3. The molecule has 1 aliphatic heterocycles. The fourth-order valence-corrected chi connectivity index (χ4v) is 3.39. The second-order valence-corrected chi connectivity index (χ2v) is 6.75. The predicted molar refractivity (Wildman–Crippen MR) is 88.9 cm³/mol. The van der Waals surface area contributed by atoms with Crippen molar-refractivity contribution in [3.63, 3.8) is 0 Å². The summed E-state index contributed by atoms with van der Waals surface area (Å²) in [6.45, 7) is 4.06. The molecule has 4 rings (SSSR count). The molecule has 0 radical (unpaired) electrons. The first-order valence-electron chi connectivity index (χ1n) is 8.53. The van der Waals surface area contributed by atoms with Crippen molar-refractivity contribution in [2.75, 3.05) is 13.1 Å². The monoisotopic (exact) mass is 348 g/mol. The molecule has 1 saturated heterocycles. The molecule has 2 atom stereocenters. The number of carboxylic acid groups (broad SMARTS) is 1. The molecule has 2 aromatic heterocycles. The molecular weight excluding hydrogens is 324 g/mol. The van der Waals surface area contributed by atoms with Gasteiger partial charge in [-0.15, -0.1) is 0 Å². The highest BCUT2D eigenvalue weighted by atomic mass is 16.5. The molecule has 25 heavy (non-hydrogen) atoms. The number of hydrogen-bond donors (Lipinski definition) is 2. The Morgan fingerprint density at radius 3 is 2.80 bits per heavy atom. The second-order valence-electron chi connectivity index (χ2n) is 6.75. The van der Waals surface area contributed by atoms with Crippen LogP contribution >= 0.6 is 0 Å². The van der Waals surface area contributed by atoms with Crippen molar-refractivity contribution < 1.29 is 19.5 Å². The zero-order chi connectivity index (χ0) is 17.8. The molecule has 2 fully saturated rings. The second kappa shape index (κ2) is 7.79. The molecule has 2 N–H and O–H groups in total. The van der Waals surface area contributed by atoms with Gasteiger partial charge >= 0.3 is 0 Å². The van der Waals surface area contributed by atoms with E-state index in [1.807, 2.05) is 19.2 Å². The maximum atomic E-state index is 10.3. The highest BCUT2D eigenvalue weighted by Crippen LogP contribution is 2.36. The summed E-state index contributed by atoms with van der Waals surface area (Å²) >= 11 is 0. The van der Waals surface area contributed by atoms with Crippen molar-refractivity contribution in [1.29, 1.82) is 0 Å². The summed E-state index contributed by atoms with van der Waals surface area (Å²) in [5.74, 6) is 2.19. The lowest BCUT2D eigenvalue weighted by Crippen LogP contribution is -2.23. The first-order valence-corrected chi connectivity index (χ1v) is 8.53. The van der Waals surface area contributed by atoms with Crippen LogP contribution < -0.4 is 0 Å². The standard InChI is InChI=1S/C16H22N4O2.CH2O2/c1-11-6-14(22-18-11)7-12-8-19(9-15(12)21)10-16-17-4-5-20(16)13-2-3-13;2-1-3/h4-6,12-13,15,21H,2-3,7-10H2,1H3;1H,(H,2,3)/t12-,15-;/m1./s1. The summed E-state index contributed by atoms with van der Waals surface area (Å²) in [6.07, 6.45) is 6.92. The van der Waals surface area contributed by atoms with Crippen molar-refractivity contribution in [2.24, 2.45) is 5.92 Å². The largest absolute Gasteiger partial charge is 0.483 e. The molecule has 0 spiro atoms. The first-order chi connectivity index (χ1) is 12.1. The number of aliphatic hydroxyl groups excluding tert-OH is 1. The van der Waals surface area contributed by atoms with Crippen LogP contribution in [0.1, 0.15) is 36.2 Å². The smallest absolute Gasteiger partial charge is 0.290 e. The van der Waals surface area contributed by atoms with Gasteiger partial charge in [0.25, 0.3) is 6.47 Å². The summed E-state index contributed by atoms with van der Waals surface area (Å²) in [5, 5.41) is 21.1. The minimum absolute atomic E-state index is 0.205. The topological polar surface area (TPSA) is 105 Å². The summed E-state index contributed by atoms with van der Waals surface area (Å²) in [7, 11) is 0. The van der Waals surface area contributed by atoms with Crippen molar-refractivity contribution in [3.05, 3.63) is 35.7 Å². The Balaban J connectivity index is 0.000000569. The van der Waals surface area contributed by atoms with Gasteiger partial charge in [-0.05, 0) is 19.8 Å². The molecule has 0 bridgehead atoms. The van der Waals surface area contributed by atoms with E-state index >= 15 is 0 Å². The van der Waals surface area contributed by atoms with Crippen molar-refractivity contribution in [2.45, 2.75) is 44.9 Å². The van der Waals surface area contributed by atoms with E-state index in [9.17, 15) is 5.11 Å². The third-order valence-electron chi connectivity index (χ3n) is 4.68. The number of aliphatic hydroxyl groups is 1. The van der Waals surface area contributed by atoms with E-state index in [1.54, 1.807) is 0 Å². The molecule has 8 nitrogen and oxygen atoms in total. The fraction of sp³-hybridized carbons (Fsp3) is 0.588. The van der Waals surface area contributed by atoms with Gasteiger partial charge in [-0.2, -0.15) is 0 Å². The number of nitrogens with zero attached hydrogens (tertiary/aromatic N) is 4. The van der Waals surface area contributed by atoms with Crippen LogP contribution in [0, 0.1) is 12.8 Å². The molecule has 1 saturated carbocycles. The number of hydrogen-bond acceptors (Lipinski definition) is 6. The van der Waals surface area contributed by atoms with E-state index in [1.165, 1.54) is 12.8 Å². The van der Waals surface area contributed by atoms with Gasteiger partial charge in [-0.25, -0.2) is 4.98 Å². The summed E-state index contributed by atoms with van der Waals surface area (Å²) in [6, 6.07) is 2.60. The van der Waals surface area contributed by atoms with Crippen LogP contribution in [-0.2, 0) is 17.8 Å². The number of carbonyl (C=O) groups is 1. The minimum atomic E-state index is -0.310. The van der Waals surface area contributed by atoms with Gasteiger partial charge in [0.2, 0.25) is 0 Å². The highest BCUT2D eigenvalue weighted by molar-refractivity contribution is 5.32. The number of imidazole rings is 1. The van der Waals surface area contributed by atoms with Gasteiger partial charge in [0.15, 0.2) is 0 Å². The Bertz CT molecular complexity index is 694. The van der Waals surface area contributed by atoms with Crippen LogP contribution in [0.5, 0.6) is 0 Å². The van der Waals surface area contributed by atoms with Crippen LogP contribution in [-0.4, -0.2) is 55.5 Å². The Morgan fingerprint density at radius 2 is 2.16 bits per heavy atom. The maximum Gasteiger partial charge on any atom is 0.290 e. The Hall–Kier alpha value is -2.19. The third-order valence-corrected chi connectivity index (χ3v) is 4.68. The number of rotatable bonds is 5. The summed E-state index contributed by atoms with van der Waals surface area (Å²) < 4.78 is 7.57. The fourth-order valence-electron chi connectivity index (χ4n) is 3.39. The van der Waals surface area contributed by atoms with E-state index in [2.05, 4.69) is 25.8 Å². The lowest BCUT2D eigenvalue weighted by atomic mass is 10.0. The minimum Gasteiger partial charge on any atom is -0.483 e. The molecule has 0 unspecified atom stereocenters. The molecule has 0 amide bonds. The van der Waals surface area contributed by atoms with E-state index in [4.69, 9.17) is 14.4 Å². The van der Waals surface area contributed by atoms with Crippen molar-refractivity contribution in [1.82, 2.24) is 19.6 Å². The van der Waals surface area contributed by atoms with Crippen LogP contribution in [0.25, 0.3) is 0 Å². The van der Waals surface area contributed by atoms with Gasteiger partial charge in [0.1, 0.15) is 11.6 Å². The molecule has 1 aliphatic carbocycles. The van der Waals surface area contributed by atoms with E-state index in [0.717, 1.165) is 36.8 Å². The van der Waals surface area contributed by atoms with Gasteiger partial charge in [0, 0.05) is 49.9 Å². The first kappa shape index (κ1) is 17.6.